The number of piperazine rings is 1. The number of hydrogen-bond donors (Lipinski definition) is 0. The van der Waals surface area contributed by atoms with E-state index >= 15 is 0 Å². The first kappa shape index (κ1) is 15.3. The molecule has 1 amide bonds. The third-order valence-corrected chi connectivity index (χ3v) is 4.06. The lowest BCUT2D eigenvalue weighted by Crippen LogP contribution is -2.50. The summed E-state index contributed by atoms with van der Waals surface area (Å²) in [6, 6.07) is 13.5. The molecule has 1 aliphatic heterocycles. The molecule has 0 spiro atoms. The zero-order valence-electron chi connectivity index (χ0n) is 12.4. The number of amides is 1. The van der Waals surface area contributed by atoms with Gasteiger partial charge in [-0.2, -0.15) is 5.26 Å². The van der Waals surface area contributed by atoms with Gasteiger partial charge in [-0.15, -0.1) is 0 Å². The van der Waals surface area contributed by atoms with Gasteiger partial charge in [-0.3, -0.25) is 4.79 Å². The number of nitriles is 1. The van der Waals surface area contributed by atoms with Gasteiger partial charge in [0.05, 0.1) is 17.1 Å². The minimum Gasteiger partial charge on any atom is -0.344 e. The van der Waals surface area contributed by atoms with Crippen LogP contribution in [0.4, 0.5) is 5.82 Å². The molecule has 6 heteroatoms. The van der Waals surface area contributed by atoms with Gasteiger partial charge in [0.2, 0.25) is 5.91 Å². The fourth-order valence-corrected chi connectivity index (χ4v) is 2.87. The van der Waals surface area contributed by atoms with Crippen LogP contribution in [0.1, 0.15) is 11.1 Å². The molecule has 0 unspecified atom stereocenters. The number of carbonyl (C=O) groups is 1. The maximum Gasteiger partial charge on any atom is 0.242 e. The second-order valence-corrected chi connectivity index (χ2v) is 5.77. The first-order valence-corrected chi connectivity index (χ1v) is 7.67. The predicted octanol–water partition coefficient (Wildman–Crippen LogP) is 2.46. The summed E-state index contributed by atoms with van der Waals surface area (Å²) in [6.45, 7) is 2.14. The molecule has 116 valence electrons. The minimum atomic E-state index is 0.0438. The first-order chi connectivity index (χ1) is 11.2. The molecule has 0 atom stereocenters. The molecule has 5 nitrogen and oxygen atoms in total. The molecule has 1 aromatic carbocycles. The number of benzene rings is 1. The van der Waals surface area contributed by atoms with Gasteiger partial charge in [-0.1, -0.05) is 41.9 Å². The van der Waals surface area contributed by atoms with Gasteiger partial charge >= 0.3 is 0 Å². The Hall–Kier alpha value is -2.58. The lowest BCUT2D eigenvalue weighted by atomic mass is 10.2. The molecule has 2 heterocycles. The number of carbonyl (C=O) groups excluding carboxylic acids is 1. The summed E-state index contributed by atoms with van der Waals surface area (Å²) < 4.78 is 0. The van der Waals surface area contributed by atoms with E-state index in [4.69, 9.17) is 16.9 Å². The van der Waals surface area contributed by atoms with Crippen LogP contribution >= 0.6 is 11.6 Å². The fourth-order valence-electron chi connectivity index (χ4n) is 2.58. The van der Waals surface area contributed by atoms with Crippen LogP contribution in [0.25, 0.3) is 0 Å². The van der Waals surface area contributed by atoms with Crippen LogP contribution in [-0.4, -0.2) is 35.4 Å². The molecule has 0 radical (unpaired) electrons. The summed E-state index contributed by atoms with van der Waals surface area (Å²) in [5.74, 6) is 0.598. The maximum absolute atomic E-state index is 12.4. The van der Waals surface area contributed by atoms with Crippen molar-refractivity contribution >= 4 is 23.3 Å². The molecule has 0 aliphatic carbocycles. The largest absolute Gasteiger partial charge is 0.344 e. The number of halogens is 1. The Labute approximate surface area is 139 Å². The standard InChI is InChI=1S/C17H15ClN4O/c18-15-8-14(9-19)10-20-17(15)22-7-6-21(16(23)12-22)11-13-4-2-1-3-5-13/h1-5,8,10H,6-7,11-12H2. The Morgan fingerprint density at radius 3 is 2.70 bits per heavy atom. The van der Waals surface area contributed by atoms with E-state index in [0.717, 1.165) is 5.56 Å². The van der Waals surface area contributed by atoms with Crippen LogP contribution < -0.4 is 4.90 Å². The smallest absolute Gasteiger partial charge is 0.242 e. The summed E-state index contributed by atoms with van der Waals surface area (Å²) in [5, 5.41) is 9.25. The molecule has 2 aromatic rings. The molecule has 1 aliphatic rings. The summed E-state index contributed by atoms with van der Waals surface area (Å²) in [7, 11) is 0. The quantitative estimate of drug-likeness (QED) is 0.869. The van der Waals surface area contributed by atoms with E-state index in [0.29, 0.717) is 36.0 Å². The number of pyridine rings is 1. The average molecular weight is 327 g/mol. The van der Waals surface area contributed by atoms with Gasteiger partial charge in [-0.05, 0) is 11.6 Å². The Morgan fingerprint density at radius 1 is 1.26 bits per heavy atom. The first-order valence-electron chi connectivity index (χ1n) is 7.29. The number of hydrogen-bond acceptors (Lipinski definition) is 4. The Balaban J connectivity index is 1.69. The number of anilines is 1. The third kappa shape index (κ3) is 3.43. The molecule has 1 saturated heterocycles. The van der Waals surface area contributed by atoms with Crippen molar-refractivity contribution in [2.45, 2.75) is 6.54 Å². The summed E-state index contributed by atoms with van der Waals surface area (Å²) in [6.07, 6.45) is 1.47. The van der Waals surface area contributed by atoms with Crippen molar-refractivity contribution in [2.24, 2.45) is 0 Å². The summed E-state index contributed by atoms with van der Waals surface area (Å²) >= 11 is 6.18. The maximum atomic E-state index is 12.4. The Kier molecular flexibility index (Phi) is 4.45. The molecule has 1 fully saturated rings. The zero-order valence-corrected chi connectivity index (χ0v) is 13.2. The van der Waals surface area contributed by atoms with Crippen molar-refractivity contribution in [3.8, 4) is 6.07 Å². The van der Waals surface area contributed by atoms with E-state index in [1.54, 1.807) is 6.07 Å². The van der Waals surface area contributed by atoms with E-state index in [2.05, 4.69) is 4.98 Å². The highest BCUT2D eigenvalue weighted by molar-refractivity contribution is 6.33. The predicted molar refractivity (Wildman–Crippen MR) is 88.0 cm³/mol. The van der Waals surface area contributed by atoms with Crippen LogP contribution in [0.3, 0.4) is 0 Å². The lowest BCUT2D eigenvalue weighted by Gasteiger charge is -2.35. The Morgan fingerprint density at radius 2 is 2.04 bits per heavy atom. The van der Waals surface area contributed by atoms with Gasteiger partial charge in [0.1, 0.15) is 11.9 Å². The highest BCUT2D eigenvalue weighted by Crippen LogP contribution is 2.25. The molecular weight excluding hydrogens is 312 g/mol. The van der Waals surface area contributed by atoms with E-state index in [9.17, 15) is 4.79 Å². The van der Waals surface area contributed by atoms with Gasteiger partial charge in [0.15, 0.2) is 0 Å². The highest BCUT2D eigenvalue weighted by atomic mass is 35.5. The normalized spacial score (nSPS) is 14.7. The van der Waals surface area contributed by atoms with E-state index < -0.39 is 0 Å². The molecule has 3 rings (SSSR count). The van der Waals surface area contributed by atoms with Crippen molar-refractivity contribution < 1.29 is 4.79 Å². The topological polar surface area (TPSA) is 60.2 Å². The van der Waals surface area contributed by atoms with Crippen molar-refractivity contribution in [3.63, 3.8) is 0 Å². The van der Waals surface area contributed by atoms with Crippen molar-refractivity contribution in [1.82, 2.24) is 9.88 Å². The van der Waals surface area contributed by atoms with E-state index in [1.165, 1.54) is 6.20 Å². The molecule has 0 N–H and O–H groups in total. The lowest BCUT2D eigenvalue weighted by molar-refractivity contribution is -0.131. The van der Waals surface area contributed by atoms with Crippen molar-refractivity contribution in [3.05, 3.63) is 58.7 Å². The number of nitrogens with zero attached hydrogens (tertiary/aromatic N) is 4. The minimum absolute atomic E-state index is 0.0438. The van der Waals surface area contributed by atoms with E-state index in [-0.39, 0.29) is 12.5 Å². The van der Waals surface area contributed by atoms with Gasteiger partial charge in [-0.25, -0.2) is 4.98 Å². The zero-order chi connectivity index (χ0) is 16.2. The van der Waals surface area contributed by atoms with Gasteiger partial charge in [0.25, 0.3) is 0 Å². The second-order valence-electron chi connectivity index (χ2n) is 5.36. The monoisotopic (exact) mass is 326 g/mol. The molecule has 0 bridgehead atoms. The average Bonchev–Trinajstić information content (AvgIpc) is 2.57. The Bertz CT molecular complexity index is 757. The molecule has 0 saturated carbocycles. The fraction of sp³-hybridized carbons (Fsp3) is 0.235. The second kappa shape index (κ2) is 6.67. The van der Waals surface area contributed by atoms with Crippen molar-refractivity contribution in [1.29, 1.82) is 5.26 Å². The highest BCUT2D eigenvalue weighted by Gasteiger charge is 2.26. The van der Waals surface area contributed by atoms with Crippen LogP contribution in [0.15, 0.2) is 42.6 Å². The van der Waals surface area contributed by atoms with Crippen molar-refractivity contribution in [2.75, 3.05) is 24.5 Å². The number of aromatic nitrogens is 1. The molecular formula is C17H15ClN4O. The SMILES string of the molecule is N#Cc1cnc(N2CCN(Cc3ccccc3)C(=O)C2)c(Cl)c1. The van der Waals surface area contributed by atoms with Crippen LogP contribution in [0.5, 0.6) is 0 Å². The van der Waals surface area contributed by atoms with Crippen LogP contribution in [0.2, 0.25) is 5.02 Å². The van der Waals surface area contributed by atoms with Gasteiger partial charge in [0, 0.05) is 25.8 Å². The van der Waals surface area contributed by atoms with E-state index in [1.807, 2.05) is 46.2 Å². The molecule has 1 aromatic heterocycles. The third-order valence-electron chi connectivity index (χ3n) is 3.79. The summed E-state index contributed by atoms with van der Waals surface area (Å²) in [4.78, 5) is 20.3. The van der Waals surface area contributed by atoms with Crippen LogP contribution in [0, 0.1) is 11.3 Å². The van der Waals surface area contributed by atoms with Gasteiger partial charge < -0.3 is 9.80 Å². The number of rotatable bonds is 3. The van der Waals surface area contributed by atoms with Crippen LogP contribution in [-0.2, 0) is 11.3 Å². The molecule has 23 heavy (non-hydrogen) atoms. The summed E-state index contributed by atoms with van der Waals surface area (Å²) in [5.41, 5.74) is 1.52.